The number of rotatable bonds is 4. The van der Waals surface area contributed by atoms with Crippen LogP contribution < -0.4 is 0 Å². The summed E-state index contributed by atoms with van der Waals surface area (Å²) in [5, 5.41) is 1.04. The molecule has 2 aromatic heterocycles. The fourth-order valence-electron chi connectivity index (χ4n) is 4.34. The van der Waals surface area contributed by atoms with E-state index in [1.165, 1.54) is 11.1 Å². The average Bonchev–Trinajstić information content (AvgIpc) is 3.50. The van der Waals surface area contributed by atoms with Gasteiger partial charge in [-0.05, 0) is 28.3 Å². The van der Waals surface area contributed by atoms with E-state index in [4.69, 9.17) is 4.98 Å². The molecule has 0 aliphatic rings. The molecule has 4 aromatic carbocycles. The van der Waals surface area contributed by atoms with Gasteiger partial charge in [0.2, 0.25) is 0 Å². The van der Waals surface area contributed by atoms with Crippen molar-refractivity contribution in [3.63, 3.8) is 0 Å². The third-order valence-electron chi connectivity index (χ3n) is 5.77. The molecule has 0 spiro atoms. The minimum Gasteiger partial charge on any atom is -0.339 e. The van der Waals surface area contributed by atoms with Gasteiger partial charge in [-0.2, -0.15) is 11.3 Å². The fourth-order valence-corrected chi connectivity index (χ4v) is 5.25. The van der Waals surface area contributed by atoms with Crippen LogP contribution in [-0.2, 0) is 20.1 Å². The number of nitrogens with zero attached hydrogens (tertiary/aromatic N) is 3. The van der Waals surface area contributed by atoms with Crippen molar-refractivity contribution >= 4 is 21.6 Å². The number of para-hydroxylation sites is 1. The second kappa shape index (κ2) is 9.47. The Balaban J connectivity index is 0.00000241. The van der Waals surface area contributed by atoms with Crippen LogP contribution in [0.2, 0.25) is 0 Å². The van der Waals surface area contributed by atoms with Crippen molar-refractivity contribution in [2.45, 2.75) is 6.92 Å². The molecule has 167 valence electrons. The number of thiazole rings is 1. The van der Waals surface area contributed by atoms with E-state index in [1.807, 2.05) is 31.5 Å². The molecule has 6 aromatic rings. The molecule has 0 saturated carbocycles. The average molecular weight is 635 g/mol. The van der Waals surface area contributed by atoms with E-state index in [0.29, 0.717) is 0 Å². The molecule has 34 heavy (non-hydrogen) atoms. The van der Waals surface area contributed by atoms with Crippen LogP contribution in [0.4, 0.5) is 0 Å². The topological polar surface area (TPSA) is 30.7 Å². The summed E-state index contributed by atoms with van der Waals surface area (Å²) in [5.41, 5.74) is 7.72. The van der Waals surface area contributed by atoms with Gasteiger partial charge in [0.1, 0.15) is 0 Å². The van der Waals surface area contributed by atoms with Gasteiger partial charge in [-0.3, -0.25) is 9.97 Å². The van der Waals surface area contributed by atoms with E-state index in [-0.39, 0.29) is 20.1 Å². The van der Waals surface area contributed by atoms with Crippen molar-refractivity contribution in [2.24, 2.45) is 0 Å². The van der Waals surface area contributed by atoms with Crippen LogP contribution >= 0.6 is 11.3 Å². The second-order valence-corrected chi connectivity index (χ2v) is 9.06. The third-order valence-corrected chi connectivity index (χ3v) is 6.77. The van der Waals surface area contributed by atoms with Gasteiger partial charge in [0.25, 0.3) is 0 Å². The summed E-state index contributed by atoms with van der Waals surface area (Å²) in [6.45, 7) is 2.04. The van der Waals surface area contributed by atoms with Crippen molar-refractivity contribution in [3.05, 3.63) is 114 Å². The molecule has 0 N–H and O–H groups in total. The van der Waals surface area contributed by atoms with Crippen LogP contribution in [0.3, 0.4) is 0 Å². The van der Waals surface area contributed by atoms with Crippen molar-refractivity contribution in [1.82, 2.24) is 14.5 Å². The van der Waals surface area contributed by atoms with Crippen LogP contribution in [0.1, 0.15) is 5.01 Å². The summed E-state index contributed by atoms with van der Waals surface area (Å²) in [4.78, 5) is 9.48. The van der Waals surface area contributed by atoms with Crippen molar-refractivity contribution < 1.29 is 20.1 Å². The van der Waals surface area contributed by atoms with E-state index < -0.39 is 0 Å². The Morgan fingerprint density at radius 1 is 0.794 bits per heavy atom. The van der Waals surface area contributed by atoms with Crippen molar-refractivity contribution in [3.8, 4) is 39.3 Å². The standard InChI is InChI=1S/C29H20N3S.Ir/c1-20-31-26-17-9-16-25(28(26)33-20)29-30-18-19-32(29)27-23(21-10-4-2-5-11-21)14-8-15-24(27)22-12-6-3-7-13-22;/h2-15,17-19H,1H3;/q-1;. The van der Waals surface area contributed by atoms with Gasteiger partial charge in [-0.25, -0.2) is 0 Å². The summed E-state index contributed by atoms with van der Waals surface area (Å²) in [7, 11) is 0. The molecule has 0 saturated heterocycles. The molecule has 6 rings (SSSR count). The SMILES string of the molecule is Cc1nc2cc[c-]c(-c3nccn3-c3c(-c4ccccc4)cccc3-c3ccccc3)c2s1.[Ir]. The summed E-state index contributed by atoms with van der Waals surface area (Å²) < 4.78 is 3.31. The molecule has 2 heterocycles. The van der Waals surface area contributed by atoms with Gasteiger partial charge in [0.15, 0.2) is 0 Å². The molecular weight excluding hydrogens is 615 g/mol. The van der Waals surface area contributed by atoms with E-state index in [2.05, 4.69) is 94.5 Å². The molecule has 0 atom stereocenters. The smallest absolute Gasteiger partial charge is 0.0796 e. The Bertz CT molecular complexity index is 1510. The van der Waals surface area contributed by atoms with Gasteiger partial charge < -0.3 is 4.57 Å². The van der Waals surface area contributed by atoms with Gasteiger partial charge in [0, 0.05) is 43.6 Å². The molecule has 0 unspecified atom stereocenters. The maximum atomic E-state index is 4.80. The first kappa shape index (κ1) is 22.4. The van der Waals surface area contributed by atoms with Gasteiger partial charge in [0.05, 0.1) is 16.5 Å². The number of benzene rings is 4. The van der Waals surface area contributed by atoms with E-state index in [9.17, 15) is 0 Å². The first-order chi connectivity index (χ1) is 16.3. The Morgan fingerprint density at radius 3 is 2.09 bits per heavy atom. The third kappa shape index (κ3) is 3.92. The number of aryl methyl sites for hydroxylation is 1. The molecule has 1 radical (unpaired) electrons. The minimum absolute atomic E-state index is 0. The molecule has 0 fully saturated rings. The second-order valence-electron chi connectivity index (χ2n) is 7.85. The zero-order valence-electron chi connectivity index (χ0n) is 18.4. The van der Waals surface area contributed by atoms with Crippen LogP contribution in [0.5, 0.6) is 0 Å². The van der Waals surface area contributed by atoms with E-state index in [0.717, 1.165) is 43.4 Å². The Hall–Kier alpha value is -3.37. The molecule has 0 amide bonds. The summed E-state index contributed by atoms with van der Waals surface area (Å²) in [5.74, 6) is 0.866. The molecular formula is C29H20IrN3S-. The molecule has 5 heteroatoms. The zero-order valence-corrected chi connectivity index (χ0v) is 21.6. The van der Waals surface area contributed by atoms with Gasteiger partial charge >= 0.3 is 0 Å². The summed E-state index contributed by atoms with van der Waals surface area (Å²) in [6.07, 6.45) is 3.91. The van der Waals surface area contributed by atoms with E-state index in [1.54, 1.807) is 11.3 Å². The predicted octanol–water partition coefficient (Wildman–Crippen LogP) is 7.59. The largest absolute Gasteiger partial charge is 0.339 e. The normalized spacial score (nSPS) is 10.9. The number of hydrogen-bond donors (Lipinski definition) is 0. The van der Waals surface area contributed by atoms with Crippen LogP contribution in [0.25, 0.3) is 49.5 Å². The van der Waals surface area contributed by atoms with Crippen LogP contribution in [0, 0.1) is 13.0 Å². The van der Waals surface area contributed by atoms with Gasteiger partial charge in [-0.15, -0.1) is 18.2 Å². The minimum atomic E-state index is 0. The Kier molecular flexibility index (Phi) is 6.25. The van der Waals surface area contributed by atoms with Gasteiger partial charge in [-0.1, -0.05) is 84.4 Å². The monoisotopic (exact) mass is 635 g/mol. The number of aromatic nitrogens is 3. The first-order valence-corrected chi connectivity index (χ1v) is 11.7. The quantitative estimate of drug-likeness (QED) is 0.187. The number of hydrogen-bond acceptors (Lipinski definition) is 3. The fraction of sp³-hybridized carbons (Fsp3) is 0.0345. The maximum absolute atomic E-state index is 4.80. The zero-order chi connectivity index (χ0) is 22.2. The Labute approximate surface area is 216 Å². The summed E-state index contributed by atoms with van der Waals surface area (Å²) >= 11 is 1.69. The summed E-state index contributed by atoms with van der Waals surface area (Å²) in [6, 6.07) is 34.9. The number of fused-ring (bicyclic) bond motifs is 1. The van der Waals surface area contributed by atoms with Crippen LogP contribution in [-0.4, -0.2) is 14.5 Å². The number of imidazole rings is 1. The van der Waals surface area contributed by atoms with Crippen molar-refractivity contribution in [1.29, 1.82) is 0 Å². The van der Waals surface area contributed by atoms with Crippen molar-refractivity contribution in [2.75, 3.05) is 0 Å². The predicted molar refractivity (Wildman–Crippen MR) is 137 cm³/mol. The first-order valence-electron chi connectivity index (χ1n) is 10.9. The molecule has 3 nitrogen and oxygen atoms in total. The van der Waals surface area contributed by atoms with Crippen LogP contribution in [0.15, 0.2) is 103 Å². The molecule has 0 aliphatic heterocycles. The maximum Gasteiger partial charge on any atom is 0.0796 e. The van der Waals surface area contributed by atoms with E-state index >= 15 is 0 Å². The Morgan fingerprint density at radius 2 is 1.44 bits per heavy atom. The molecule has 0 bridgehead atoms. The molecule has 0 aliphatic carbocycles.